The van der Waals surface area contributed by atoms with E-state index in [-0.39, 0.29) is 10.7 Å². The molecular weight excluding hydrogens is 366 g/mol. The number of rotatable bonds is 4. The van der Waals surface area contributed by atoms with Crippen LogP contribution in [0.3, 0.4) is 0 Å². The smallest absolute Gasteiger partial charge is 0.237 e. The Morgan fingerprint density at radius 3 is 2.63 bits per heavy atom. The van der Waals surface area contributed by atoms with Crippen molar-refractivity contribution < 1.29 is 0 Å². The summed E-state index contributed by atoms with van der Waals surface area (Å²) in [5, 5.41) is 8.42. The fraction of sp³-hybridized carbons (Fsp3) is 0. The van der Waals surface area contributed by atoms with Gasteiger partial charge in [-0.1, -0.05) is 0 Å². The summed E-state index contributed by atoms with van der Waals surface area (Å²) >= 11 is 1.18. The molecule has 4 rings (SSSR count). The minimum Gasteiger partial charge on any atom is -0.287 e. The molecule has 10 heteroatoms. The Labute approximate surface area is 155 Å². The lowest BCUT2D eigenvalue weighted by Gasteiger charge is -1.97. The molecule has 0 atom stereocenters. The van der Waals surface area contributed by atoms with Gasteiger partial charge in [-0.2, -0.15) is 14.6 Å². The van der Waals surface area contributed by atoms with Crippen LogP contribution in [0.2, 0.25) is 0 Å². The number of hydrogen-bond acceptors (Lipinski definition) is 10. The summed E-state index contributed by atoms with van der Waals surface area (Å²) in [5.74, 6) is 0. The Bertz CT molecular complexity index is 1330. The molecule has 0 aliphatic heterocycles. The number of aromatic nitrogens is 3. The van der Waals surface area contributed by atoms with Crippen LogP contribution in [0.15, 0.2) is 74.8 Å². The molecule has 2 N–H and O–H groups in total. The fourth-order valence-corrected chi connectivity index (χ4v) is 2.92. The Hall–Kier alpha value is -3.79. The highest BCUT2D eigenvalue weighted by molar-refractivity contribution is 7.11. The molecule has 0 unspecified atom stereocenters. The largest absolute Gasteiger partial charge is 0.287 e. The lowest BCUT2D eigenvalue weighted by molar-refractivity contribution is 1.11. The van der Waals surface area contributed by atoms with E-state index in [1.54, 1.807) is 36.8 Å². The van der Waals surface area contributed by atoms with Gasteiger partial charge in [0.05, 0.1) is 5.69 Å². The summed E-state index contributed by atoms with van der Waals surface area (Å²) in [6.45, 7) is 0. The fourth-order valence-electron chi connectivity index (χ4n) is 2.25. The third-order valence-electron chi connectivity index (χ3n) is 3.57. The van der Waals surface area contributed by atoms with E-state index in [1.807, 2.05) is 6.07 Å². The van der Waals surface area contributed by atoms with Gasteiger partial charge in [-0.05, 0) is 47.9 Å². The van der Waals surface area contributed by atoms with Crippen molar-refractivity contribution in [3.8, 4) is 0 Å². The topological polar surface area (TPSA) is 122 Å². The second-order valence-electron chi connectivity index (χ2n) is 5.33. The average Bonchev–Trinajstić information content (AvgIpc) is 3.11. The number of fused-ring (bicyclic) bond motifs is 1. The van der Waals surface area contributed by atoms with Crippen LogP contribution in [0.5, 0.6) is 0 Å². The number of hydrogen-bond donors (Lipinski definition) is 2. The van der Waals surface area contributed by atoms with Gasteiger partial charge in [0.25, 0.3) is 0 Å². The third kappa shape index (κ3) is 3.46. The zero-order valence-electron chi connectivity index (χ0n) is 13.7. The van der Waals surface area contributed by atoms with Crippen molar-refractivity contribution in [3.63, 3.8) is 0 Å². The van der Waals surface area contributed by atoms with Crippen LogP contribution in [0.25, 0.3) is 11.0 Å². The van der Waals surface area contributed by atoms with Gasteiger partial charge in [0.1, 0.15) is 16.4 Å². The van der Waals surface area contributed by atoms with Crippen LogP contribution in [0, 0.1) is 0 Å². The van der Waals surface area contributed by atoms with E-state index >= 15 is 0 Å². The molecule has 0 spiro atoms. The first kappa shape index (κ1) is 16.7. The van der Waals surface area contributed by atoms with Gasteiger partial charge in [0.2, 0.25) is 10.9 Å². The van der Waals surface area contributed by atoms with Gasteiger partial charge in [0.15, 0.2) is 10.4 Å². The Kier molecular flexibility index (Phi) is 4.45. The summed E-state index contributed by atoms with van der Waals surface area (Å²) in [5.41, 5.74) is 6.37. The number of nitrogens with one attached hydrogen (secondary N) is 2. The molecule has 0 fully saturated rings. The highest BCUT2D eigenvalue weighted by atomic mass is 32.1. The van der Waals surface area contributed by atoms with Crippen molar-refractivity contribution >= 4 is 33.3 Å². The monoisotopic (exact) mass is 377 g/mol. The summed E-state index contributed by atoms with van der Waals surface area (Å²) in [7, 11) is 0. The van der Waals surface area contributed by atoms with Gasteiger partial charge in [-0.15, -0.1) is 0 Å². The molecule has 0 saturated carbocycles. The molecule has 4 aromatic rings. The number of nitrogens with zero attached hydrogens (tertiary/aromatic N) is 5. The average molecular weight is 377 g/mol. The quantitative estimate of drug-likeness (QED) is 0.498. The van der Waals surface area contributed by atoms with Crippen LogP contribution in [-0.4, -0.2) is 14.3 Å². The van der Waals surface area contributed by atoms with E-state index in [2.05, 4.69) is 35.4 Å². The summed E-state index contributed by atoms with van der Waals surface area (Å²) in [6, 6.07) is 9.54. The van der Waals surface area contributed by atoms with Crippen molar-refractivity contribution in [1.82, 2.24) is 14.3 Å². The van der Waals surface area contributed by atoms with Crippen molar-refractivity contribution in [2.45, 2.75) is 0 Å². The predicted octanol–water partition coefficient (Wildman–Crippen LogP) is 0.538. The molecule has 0 saturated heterocycles. The van der Waals surface area contributed by atoms with Crippen LogP contribution in [0.1, 0.15) is 0 Å². The molecule has 27 heavy (non-hydrogen) atoms. The predicted molar refractivity (Wildman–Crippen MR) is 101 cm³/mol. The van der Waals surface area contributed by atoms with Gasteiger partial charge >= 0.3 is 0 Å². The van der Waals surface area contributed by atoms with Gasteiger partial charge < -0.3 is 0 Å². The SMILES string of the molecule is O=c1cc/c(=N\Nc2snc3cccnc23)c(=O)/c1=N/Nc1ccncc1. The number of anilines is 2. The molecule has 132 valence electrons. The minimum atomic E-state index is -0.585. The molecule has 0 bridgehead atoms. The molecular formula is C17H11N7O2S. The summed E-state index contributed by atoms with van der Waals surface area (Å²) < 4.78 is 4.24. The van der Waals surface area contributed by atoms with Crippen molar-refractivity contribution in [3.05, 3.63) is 86.1 Å². The van der Waals surface area contributed by atoms with Crippen LogP contribution >= 0.6 is 11.5 Å². The summed E-state index contributed by atoms with van der Waals surface area (Å²) in [6.07, 6.45) is 4.78. The lowest BCUT2D eigenvalue weighted by Crippen LogP contribution is -2.47. The first-order chi connectivity index (χ1) is 13.2. The van der Waals surface area contributed by atoms with E-state index in [1.165, 1.54) is 23.7 Å². The number of pyridine rings is 2. The standard InChI is InChI=1S/C17H11N7O2S/c25-13-4-3-12(16(26)15(13)22-20-10-5-8-18-9-6-10)21-23-17-14-11(24-27-17)2-1-7-19-14/h1-9,23H,(H,18,20)/b21-12+,22-15+. The maximum Gasteiger partial charge on any atom is 0.237 e. The molecule has 0 aliphatic carbocycles. The van der Waals surface area contributed by atoms with Crippen molar-refractivity contribution in [2.75, 3.05) is 10.9 Å². The summed E-state index contributed by atoms with van der Waals surface area (Å²) in [4.78, 5) is 32.6. The van der Waals surface area contributed by atoms with E-state index in [0.717, 1.165) is 5.52 Å². The van der Waals surface area contributed by atoms with Crippen LogP contribution in [0.4, 0.5) is 10.7 Å². The molecule has 0 aliphatic rings. The second-order valence-corrected chi connectivity index (χ2v) is 6.10. The van der Waals surface area contributed by atoms with Crippen molar-refractivity contribution in [1.29, 1.82) is 0 Å². The molecule has 0 amide bonds. The second kappa shape index (κ2) is 7.22. The van der Waals surface area contributed by atoms with E-state index < -0.39 is 10.9 Å². The minimum absolute atomic E-state index is 0.0577. The van der Waals surface area contributed by atoms with Gasteiger partial charge in [-0.3, -0.25) is 30.4 Å². The first-order valence-corrected chi connectivity index (χ1v) is 8.54. The molecule has 0 radical (unpaired) electrons. The molecule has 9 nitrogen and oxygen atoms in total. The first-order valence-electron chi connectivity index (χ1n) is 7.77. The highest BCUT2D eigenvalue weighted by Crippen LogP contribution is 2.24. The Morgan fingerprint density at radius 2 is 1.78 bits per heavy atom. The lowest BCUT2D eigenvalue weighted by atomic mass is 10.3. The van der Waals surface area contributed by atoms with E-state index in [4.69, 9.17) is 0 Å². The zero-order valence-corrected chi connectivity index (χ0v) is 14.5. The van der Waals surface area contributed by atoms with Crippen LogP contribution < -0.4 is 32.4 Å². The molecule has 3 aromatic heterocycles. The van der Waals surface area contributed by atoms with E-state index in [0.29, 0.717) is 16.2 Å². The maximum atomic E-state index is 12.5. The Morgan fingerprint density at radius 1 is 0.926 bits per heavy atom. The normalized spacial score (nSPS) is 12.4. The molecule has 1 aromatic carbocycles. The van der Waals surface area contributed by atoms with Gasteiger partial charge in [0, 0.05) is 18.6 Å². The van der Waals surface area contributed by atoms with E-state index in [9.17, 15) is 9.59 Å². The van der Waals surface area contributed by atoms with Crippen molar-refractivity contribution in [2.24, 2.45) is 10.2 Å². The third-order valence-corrected chi connectivity index (χ3v) is 4.32. The van der Waals surface area contributed by atoms with Crippen LogP contribution in [-0.2, 0) is 0 Å². The zero-order chi connectivity index (χ0) is 18.6. The highest BCUT2D eigenvalue weighted by Gasteiger charge is 2.06. The maximum absolute atomic E-state index is 12.5. The number of benzene rings is 1. The van der Waals surface area contributed by atoms with Gasteiger partial charge in [-0.25, -0.2) is 0 Å². The Balaban J connectivity index is 1.71. The molecule has 3 heterocycles.